The molecule has 0 radical (unpaired) electrons. The van der Waals surface area contributed by atoms with Crippen LogP contribution >= 0.6 is 11.8 Å². The average Bonchev–Trinajstić information content (AvgIpc) is 2.37. The first kappa shape index (κ1) is 17.4. The fourth-order valence-electron chi connectivity index (χ4n) is 3.40. The molecule has 0 spiro atoms. The normalized spacial score (nSPS) is 24.6. The molecular weight excluding hydrogens is 248 g/mol. The van der Waals surface area contributed by atoms with Crippen molar-refractivity contribution in [2.45, 2.75) is 97.2 Å². The first-order valence-corrected chi connectivity index (χ1v) is 9.72. The predicted octanol–water partition coefficient (Wildman–Crippen LogP) is 6.69. The Morgan fingerprint density at radius 1 is 0.895 bits per heavy atom. The lowest BCUT2D eigenvalue weighted by atomic mass is 9.72. The van der Waals surface area contributed by atoms with Gasteiger partial charge in [-0.1, -0.05) is 72.6 Å². The van der Waals surface area contributed by atoms with Gasteiger partial charge in [-0.2, -0.15) is 11.8 Å². The van der Waals surface area contributed by atoms with Crippen molar-refractivity contribution in [3.8, 4) is 0 Å². The first-order valence-electron chi connectivity index (χ1n) is 8.67. The third-order valence-electron chi connectivity index (χ3n) is 4.64. The Morgan fingerprint density at radius 2 is 1.53 bits per heavy atom. The highest BCUT2D eigenvalue weighted by molar-refractivity contribution is 7.99. The largest absolute Gasteiger partial charge is 0.158 e. The van der Waals surface area contributed by atoms with Crippen LogP contribution in [0.1, 0.15) is 91.9 Å². The molecule has 0 aromatic rings. The standard InChI is InChI=1S/C18H36S/c1-5-6-7-8-9-12-15-19-17-14-11-10-13-16(17)18(2,3)4/h16-17H,5-15H2,1-4H3. The van der Waals surface area contributed by atoms with Gasteiger partial charge in [0.2, 0.25) is 0 Å². The highest BCUT2D eigenvalue weighted by Gasteiger charge is 2.33. The maximum atomic E-state index is 2.45. The van der Waals surface area contributed by atoms with Crippen molar-refractivity contribution < 1.29 is 0 Å². The van der Waals surface area contributed by atoms with E-state index in [1.54, 1.807) is 0 Å². The number of rotatable bonds is 8. The molecule has 1 rings (SSSR count). The van der Waals surface area contributed by atoms with Gasteiger partial charge in [-0.15, -0.1) is 0 Å². The van der Waals surface area contributed by atoms with E-state index in [4.69, 9.17) is 0 Å². The number of unbranched alkanes of at least 4 members (excludes halogenated alkanes) is 5. The molecule has 114 valence electrons. The molecule has 0 saturated heterocycles. The highest BCUT2D eigenvalue weighted by Crippen LogP contribution is 2.43. The van der Waals surface area contributed by atoms with Gasteiger partial charge in [0.25, 0.3) is 0 Å². The molecule has 0 nitrogen and oxygen atoms in total. The summed E-state index contributed by atoms with van der Waals surface area (Å²) in [5, 5.41) is 0.949. The monoisotopic (exact) mass is 284 g/mol. The zero-order valence-corrected chi connectivity index (χ0v) is 14.7. The van der Waals surface area contributed by atoms with Crippen LogP contribution in [0.3, 0.4) is 0 Å². The Kier molecular flexibility index (Phi) is 8.53. The Hall–Kier alpha value is 0.350. The summed E-state index contributed by atoms with van der Waals surface area (Å²) in [6.45, 7) is 9.63. The van der Waals surface area contributed by atoms with Crippen LogP contribution in [0, 0.1) is 11.3 Å². The molecule has 0 aromatic heterocycles. The van der Waals surface area contributed by atoms with E-state index in [2.05, 4.69) is 39.5 Å². The third kappa shape index (κ3) is 7.06. The van der Waals surface area contributed by atoms with E-state index in [0.29, 0.717) is 5.41 Å². The van der Waals surface area contributed by atoms with Crippen LogP contribution in [-0.4, -0.2) is 11.0 Å². The topological polar surface area (TPSA) is 0 Å². The summed E-state index contributed by atoms with van der Waals surface area (Å²) in [6.07, 6.45) is 14.5. The summed E-state index contributed by atoms with van der Waals surface area (Å²) in [5.74, 6) is 2.36. The lowest BCUT2D eigenvalue weighted by Crippen LogP contribution is -2.33. The van der Waals surface area contributed by atoms with Crippen molar-refractivity contribution in [2.75, 3.05) is 5.75 Å². The predicted molar refractivity (Wildman–Crippen MR) is 91.0 cm³/mol. The smallest absolute Gasteiger partial charge is 0.00803 e. The van der Waals surface area contributed by atoms with Crippen molar-refractivity contribution in [1.29, 1.82) is 0 Å². The summed E-state index contributed by atoms with van der Waals surface area (Å²) in [4.78, 5) is 0. The molecule has 0 N–H and O–H groups in total. The minimum Gasteiger partial charge on any atom is -0.158 e. The van der Waals surface area contributed by atoms with Crippen molar-refractivity contribution in [3.05, 3.63) is 0 Å². The number of hydrogen-bond donors (Lipinski definition) is 0. The molecule has 1 fully saturated rings. The molecule has 19 heavy (non-hydrogen) atoms. The Labute approximate surface area is 126 Å². The van der Waals surface area contributed by atoms with Crippen LogP contribution in [-0.2, 0) is 0 Å². The lowest BCUT2D eigenvalue weighted by molar-refractivity contribution is 0.187. The molecule has 2 unspecified atom stereocenters. The van der Waals surface area contributed by atoms with E-state index in [-0.39, 0.29) is 0 Å². The van der Waals surface area contributed by atoms with Gasteiger partial charge in [-0.3, -0.25) is 0 Å². The quantitative estimate of drug-likeness (QED) is 0.448. The minimum absolute atomic E-state index is 0.513. The van der Waals surface area contributed by atoms with Crippen molar-refractivity contribution in [3.63, 3.8) is 0 Å². The van der Waals surface area contributed by atoms with E-state index in [1.165, 1.54) is 70.0 Å². The van der Waals surface area contributed by atoms with E-state index < -0.39 is 0 Å². The fraction of sp³-hybridized carbons (Fsp3) is 1.00. The van der Waals surface area contributed by atoms with Gasteiger partial charge < -0.3 is 0 Å². The molecule has 0 bridgehead atoms. The molecule has 1 aliphatic carbocycles. The zero-order valence-electron chi connectivity index (χ0n) is 13.8. The van der Waals surface area contributed by atoms with Gasteiger partial charge in [-0.05, 0) is 36.3 Å². The zero-order chi connectivity index (χ0) is 14.1. The second kappa shape index (κ2) is 9.32. The maximum absolute atomic E-state index is 2.45. The third-order valence-corrected chi connectivity index (χ3v) is 6.16. The second-order valence-corrected chi connectivity index (χ2v) is 8.78. The van der Waals surface area contributed by atoms with Gasteiger partial charge in [0, 0.05) is 5.25 Å². The second-order valence-electron chi connectivity index (χ2n) is 7.43. The Balaban J connectivity index is 2.15. The van der Waals surface area contributed by atoms with Gasteiger partial charge in [-0.25, -0.2) is 0 Å². The number of hydrogen-bond acceptors (Lipinski definition) is 1. The SMILES string of the molecule is CCCCCCCCSC1CCCCC1C(C)(C)C. The fourth-order valence-corrected chi connectivity index (χ4v) is 5.19. The molecule has 0 amide bonds. The minimum atomic E-state index is 0.513. The van der Waals surface area contributed by atoms with Crippen molar-refractivity contribution >= 4 is 11.8 Å². The molecule has 0 heterocycles. The van der Waals surface area contributed by atoms with Crippen LogP contribution in [0.2, 0.25) is 0 Å². The van der Waals surface area contributed by atoms with Gasteiger partial charge in [0.1, 0.15) is 0 Å². The summed E-state index contributed by atoms with van der Waals surface area (Å²) in [6, 6.07) is 0. The summed E-state index contributed by atoms with van der Waals surface area (Å²) in [7, 11) is 0. The van der Waals surface area contributed by atoms with Gasteiger partial charge in [0.15, 0.2) is 0 Å². The van der Waals surface area contributed by atoms with Crippen molar-refractivity contribution in [2.24, 2.45) is 11.3 Å². The molecule has 1 aliphatic rings. The van der Waals surface area contributed by atoms with Crippen molar-refractivity contribution in [1.82, 2.24) is 0 Å². The highest BCUT2D eigenvalue weighted by atomic mass is 32.2. The first-order chi connectivity index (χ1) is 9.05. The van der Waals surface area contributed by atoms with Crippen LogP contribution in [0.4, 0.5) is 0 Å². The summed E-state index contributed by atoms with van der Waals surface area (Å²) < 4.78 is 0. The molecule has 1 saturated carbocycles. The summed E-state index contributed by atoms with van der Waals surface area (Å²) in [5.41, 5.74) is 0.513. The van der Waals surface area contributed by atoms with Gasteiger partial charge >= 0.3 is 0 Å². The molecule has 0 aliphatic heterocycles. The number of thioether (sulfide) groups is 1. The maximum Gasteiger partial charge on any atom is 0.00803 e. The van der Waals surface area contributed by atoms with Crippen LogP contribution in [0.25, 0.3) is 0 Å². The van der Waals surface area contributed by atoms with Crippen LogP contribution < -0.4 is 0 Å². The Morgan fingerprint density at radius 3 is 2.21 bits per heavy atom. The average molecular weight is 285 g/mol. The van der Waals surface area contributed by atoms with E-state index >= 15 is 0 Å². The molecule has 2 atom stereocenters. The van der Waals surface area contributed by atoms with Crippen LogP contribution in [0.5, 0.6) is 0 Å². The molecule has 0 aromatic carbocycles. The van der Waals surface area contributed by atoms with Crippen LogP contribution in [0.15, 0.2) is 0 Å². The Bertz CT molecular complexity index is 216. The van der Waals surface area contributed by atoms with E-state index in [9.17, 15) is 0 Å². The molecular formula is C18H36S. The molecule has 1 heteroatoms. The van der Waals surface area contributed by atoms with Gasteiger partial charge in [0.05, 0.1) is 0 Å². The lowest BCUT2D eigenvalue weighted by Gasteiger charge is -2.40. The van der Waals surface area contributed by atoms with E-state index in [0.717, 1.165) is 11.2 Å². The van der Waals surface area contributed by atoms with E-state index in [1.807, 2.05) is 0 Å². The summed E-state index contributed by atoms with van der Waals surface area (Å²) >= 11 is 2.30.